The van der Waals surface area contributed by atoms with E-state index >= 15 is 0 Å². The molecule has 6 nitrogen and oxygen atoms in total. The molecule has 0 bridgehead atoms. The fourth-order valence-corrected chi connectivity index (χ4v) is 2.77. The van der Waals surface area contributed by atoms with Crippen molar-refractivity contribution < 1.29 is 4.74 Å². The number of rotatable bonds is 6. The van der Waals surface area contributed by atoms with Gasteiger partial charge < -0.3 is 10.5 Å². The van der Waals surface area contributed by atoms with Crippen LogP contribution in [0.5, 0.6) is 5.75 Å². The quantitative estimate of drug-likeness (QED) is 0.627. The minimum absolute atomic E-state index is 0.167. The number of nitrogens with two attached hydrogens (primary N) is 1. The lowest BCUT2D eigenvalue weighted by atomic mass is 10.2. The normalized spacial score (nSPS) is 10.7. The molecule has 7 heteroatoms. The predicted octanol–water partition coefficient (Wildman–Crippen LogP) is 1.86. The van der Waals surface area contributed by atoms with Crippen molar-refractivity contribution in [1.82, 2.24) is 14.8 Å². The SMILES string of the molecule is CCCn1c(SCc2cc(N)cc(OC)c2)n[nH]c1=O. The summed E-state index contributed by atoms with van der Waals surface area (Å²) in [6.07, 6.45) is 0.888. The van der Waals surface area contributed by atoms with E-state index in [1.54, 1.807) is 17.7 Å². The number of H-pyrrole nitrogens is 1. The van der Waals surface area contributed by atoms with Crippen LogP contribution in [0.1, 0.15) is 18.9 Å². The van der Waals surface area contributed by atoms with E-state index in [0.29, 0.717) is 23.1 Å². The largest absolute Gasteiger partial charge is 0.497 e. The van der Waals surface area contributed by atoms with Crippen LogP contribution in [0.25, 0.3) is 0 Å². The number of benzene rings is 1. The highest BCUT2D eigenvalue weighted by Crippen LogP contribution is 2.25. The first-order valence-electron chi connectivity index (χ1n) is 6.35. The number of ether oxygens (including phenoxy) is 1. The van der Waals surface area contributed by atoms with Gasteiger partial charge in [-0.25, -0.2) is 9.89 Å². The van der Waals surface area contributed by atoms with Gasteiger partial charge in [0, 0.05) is 24.1 Å². The van der Waals surface area contributed by atoms with Crippen molar-refractivity contribution in [2.45, 2.75) is 30.8 Å². The summed E-state index contributed by atoms with van der Waals surface area (Å²) < 4.78 is 6.83. The molecule has 0 spiro atoms. The average molecular weight is 294 g/mol. The fourth-order valence-electron chi connectivity index (χ4n) is 1.87. The average Bonchev–Trinajstić information content (AvgIpc) is 2.77. The molecule has 0 aliphatic carbocycles. The van der Waals surface area contributed by atoms with Gasteiger partial charge in [0.05, 0.1) is 7.11 Å². The van der Waals surface area contributed by atoms with E-state index in [9.17, 15) is 4.79 Å². The van der Waals surface area contributed by atoms with Gasteiger partial charge in [0.15, 0.2) is 5.16 Å². The van der Waals surface area contributed by atoms with Crippen LogP contribution >= 0.6 is 11.8 Å². The highest BCUT2D eigenvalue weighted by atomic mass is 32.2. The smallest absolute Gasteiger partial charge is 0.343 e. The molecular formula is C13H18N4O2S. The van der Waals surface area contributed by atoms with Crippen molar-refractivity contribution in [2.24, 2.45) is 0 Å². The number of nitrogen functional groups attached to an aromatic ring is 1. The first-order chi connectivity index (χ1) is 9.63. The second-order valence-electron chi connectivity index (χ2n) is 4.37. The Morgan fingerprint density at radius 1 is 1.45 bits per heavy atom. The van der Waals surface area contributed by atoms with Crippen LogP contribution in [0.15, 0.2) is 28.2 Å². The molecule has 0 saturated carbocycles. The number of anilines is 1. The summed E-state index contributed by atoms with van der Waals surface area (Å²) in [7, 11) is 1.61. The third-order valence-corrected chi connectivity index (χ3v) is 3.81. The van der Waals surface area contributed by atoms with Crippen molar-refractivity contribution in [1.29, 1.82) is 0 Å². The molecule has 0 fully saturated rings. The molecule has 0 aliphatic heterocycles. The number of methoxy groups -OCH3 is 1. The van der Waals surface area contributed by atoms with Crippen LogP contribution in [0.2, 0.25) is 0 Å². The predicted molar refractivity (Wildman–Crippen MR) is 80.1 cm³/mol. The van der Waals surface area contributed by atoms with E-state index in [0.717, 1.165) is 17.7 Å². The maximum Gasteiger partial charge on any atom is 0.343 e. The lowest BCUT2D eigenvalue weighted by Gasteiger charge is -2.07. The molecule has 20 heavy (non-hydrogen) atoms. The first-order valence-corrected chi connectivity index (χ1v) is 7.34. The fraction of sp³-hybridized carbons (Fsp3) is 0.385. The van der Waals surface area contributed by atoms with Crippen LogP contribution in [0.4, 0.5) is 5.69 Å². The van der Waals surface area contributed by atoms with Gasteiger partial charge in [-0.05, 0) is 24.1 Å². The summed E-state index contributed by atoms with van der Waals surface area (Å²) in [4.78, 5) is 11.6. The lowest BCUT2D eigenvalue weighted by molar-refractivity contribution is 0.414. The summed E-state index contributed by atoms with van der Waals surface area (Å²) in [6, 6.07) is 5.60. The Balaban J connectivity index is 2.12. The van der Waals surface area contributed by atoms with Crippen molar-refractivity contribution in [3.8, 4) is 5.75 Å². The van der Waals surface area contributed by atoms with Gasteiger partial charge in [0.1, 0.15) is 5.75 Å². The van der Waals surface area contributed by atoms with E-state index in [-0.39, 0.29) is 5.69 Å². The van der Waals surface area contributed by atoms with Crippen molar-refractivity contribution in [2.75, 3.05) is 12.8 Å². The number of thioether (sulfide) groups is 1. The Morgan fingerprint density at radius 3 is 2.95 bits per heavy atom. The topological polar surface area (TPSA) is 85.9 Å². The van der Waals surface area contributed by atoms with Crippen molar-refractivity contribution in [3.05, 3.63) is 34.2 Å². The second kappa shape index (κ2) is 6.51. The third kappa shape index (κ3) is 3.36. The van der Waals surface area contributed by atoms with Crippen molar-refractivity contribution in [3.63, 3.8) is 0 Å². The van der Waals surface area contributed by atoms with Crippen LogP contribution in [-0.2, 0) is 12.3 Å². The minimum atomic E-state index is -0.167. The molecule has 3 N–H and O–H groups in total. The molecule has 0 saturated heterocycles. The van der Waals surface area contributed by atoms with Crippen LogP contribution < -0.4 is 16.2 Å². The molecular weight excluding hydrogens is 276 g/mol. The van der Waals surface area contributed by atoms with Gasteiger partial charge in [-0.3, -0.25) is 4.57 Å². The Bertz CT molecular complexity index is 636. The zero-order chi connectivity index (χ0) is 14.5. The Labute approximate surface area is 121 Å². The molecule has 0 radical (unpaired) electrons. The zero-order valence-corrected chi connectivity index (χ0v) is 12.4. The van der Waals surface area contributed by atoms with Crippen LogP contribution in [0.3, 0.4) is 0 Å². The van der Waals surface area contributed by atoms with E-state index < -0.39 is 0 Å². The molecule has 2 aromatic rings. The van der Waals surface area contributed by atoms with Gasteiger partial charge >= 0.3 is 5.69 Å². The third-order valence-electron chi connectivity index (χ3n) is 2.76. The summed E-state index contributed by atoms with van der Waals surface area (Å²) in [5, 5.41) is 7.21. The van der Waals surface area contributed by atoms with Crippen molar-refractivity contribution >= 4 is 17.4 Å². The number of nitrogens with zero attached hydrogens (tertiary/aromatic N) is 2. The maximum absolute atomic E-state index is 11.6. The Hall–Kier alpha value is -1.89. The van der Waals surface area contributed by atoms with Crippen LogP contribution in [-0.4, -0.2) is 21.9 Å². The van der Waals surface area contributed by atoms with Gasteiger partial charge in [-0.1, -0.05) is 18.7 Å². The number of aromatic nitrogens is 3. The molecule has 0 unspecified atom stereocenters. The number of hydrogen-bond acceptors (Lipinski definition) is 5. The highest BCUT2D eigenvalue weighted by molar-refractivity contribution is 7.98. The molecule has 2 rings (SSSR count). The van der Waals surface area contributed by atoms with E-state index in [1.807, 2.05) is 19.1 Å². The summed E-state index contributed by atoms with van der Waals surface area (Å²) >= 11 is 1.50. The summed E-state index contributed by atoms with van der Waals surface area (Å²) in [6.45, 7) is 2.69. The summed E-state index contributed by atoms with van der Waals surface area (Å²) in [5.74, 6) is 1.41. The highest BCUT2D eigenvalue weighted by Gasteiger charge is 2.09. The molecule has 0 atom stereocenters. The molecule has 0 amide bonds. The van der Waals surface area contributed by atoms with Crippen LogP contribution in [0, 0.1) is 0 Å². The molecule has 1 heterocycles. The first kappa shape index (κ1) is 14.5. The molecule has 108 valence electrons. The molecule has 1 aromatic carbocycles. The van der Waals surface area contributed by atoms with Gasteiger partial charge in [-0.2, -0.15) is 0 Å². The van der Waals surface area contributed by atoms with E-state index in [2.05, 4.69) is 10.2 Å². The van der Waals surface area contributed by atoms with Gasteiger partial charge in [-0.15, -0.1) is 5.10 Å². The minimum Gasteiger partial charge on any atom is -0.497 e. The van der Waals surface area contributed by atoms with Gasteiger partial charge in [0.2, 0.25) is 0 Å². The number of nitrogens with one attached hydrogen (secondary N) is 1. The van der Waals surface area contributed by atoms with E-state index in [4.69, 9.17) is 10.5 Å². The monoisotopic (exact) mass is 294 g/mol. The summed E-state index contributed by atoms with van der Waals surface area (Å²) in [5.41, 5.74) is 7.35. The molecule has 0 aliphatic rings. The zero-order valence-electron chi connectivity index (χ0n) is 11.5. The second-order valence-corrected chi connectivity index (χ2v) is 5.31. The standard InChI is InChI=1S/C13H18N4O2S/c1-3-4-17-12(18)15-16-13(17)20-8-9-5-10(14)7-11(6-9)19-2/h5-7H,3-4,8,14H2,1-2H3,(H,15,18). The Morgan fingerprint density at radius 2 is 2.25 bits per heavy atom. The molecule has 1 aromatic heterocycles. The van der Waals surface area contributed by atoms with E-state index in [1.165, 1.54) is 11.8 Å². The number of hydrogen-bond donors (Lipinski definition) is 2. The lowest BCUT2D eigenvalue weighted by Crippen LogP contribution is -2.17. The maximum atomic E-state index is 11.6. The Kier molecular flexibility index (Phi) is 4.73. The van der Waals surface area contributed by atoms with Gasteiger partial charge in [0.25, 0.3) is 0 Å². The number of aromatic amines is 1.